The van der Waals surface area contributed by atoms with Crippen molar-refractivity contribution in [3.63, 3.8) is 0 Å². The van der Waals surface area contributed by atoms with E-state index in [1.807, 2.05) is 32.0 Å². The van der Waals surface area contributed by atoms with Crippen LogP contribution in [0.15, 0.2) is 54.6 Å². The number of hydrogen-bond acceptors (Lipinski definition) is 5. The summed E-state index contributed by atoms with van der Waals surface area (Å²) in [5.74, 6) is 1.03. The van der Waals surface area contributed by atoms with Crippen LogP contribution in [0, 0.1) is 13.8 Å². The van der Waals surface area contributed by atoms with Crippen molar-refractivity contribution in [2.75, 3.05) is 23.3 Å². The summed E-state index contributed by atoms with van der Waals surface area (Å²) in [6, 6.07) is 16.1. The Balaban J connectivity index is 1.25. The van der Waals surface area contributed by atoms with Crippen LogP contribution < -0.4 is 10.2 Å². The molecule has 0 radical (unpaired) electrons. The van der Waals surface area contributed by atoms with E-state index in [9.17, 15) is 4.79 Å². The highest BCUT2D eigenvalue weighted by atomic mass is 16.2. The van der Waals surface area contributed by atoms with Crippen molar-refractivity contribution in [3.8, 4) is 0 Å². The standard InChI is InChI=1S/C25H25N5O/c1-17-15-18(2)26-22(16-17)27-24(31)21-7-8-23(29-28-21)30-13-11-25(12-14-30)10-9-19-5-3-4-6-20(19)25/h3-10,15-16H,11-14H2,1-2H3,(H,26,27,31). The number of allylic oxidation sites excluding steroid dienone is 1. The molecule has 1 saturated heterocycles. The average molecular weight is 412 g/mol. The highest BCUT2D eigenvalue weighted by molar-refractivity contribution is 6.02. The second-order valence-electron chi connectivity index (χ2n) is 8.47. The van der Waals surface area contributed by atoms with Crippen molar-refractivity contribution < 1.29 is 4.79 Å². The number of fused-ring (bicyclic) bond motifs is 2. The number of amides is 1. The van der Waals surface area contributed by atoms with Crippen molar-refractivity contribution in [3.05, 3.63) is 82.7 Å². The molecular weight excluding hydrogens is 386 g/mol. The van der Waals surface area contributed by atoms with Gasteiger partial charge in [-0.05, 0) is 67.6 Å². The van der Waals surface area contributed by atoms with Crippen molar-refractivity contribution >= 4 is 23.6 Å². The van der Waals surface area contributed by atoms with E-state index in [-0.39, 0.29) is 17.0 Å². The molecule has 0 bridgehead atoms. The van der Waals surface area contributed by atoms with Gasteiger partial charge in [0.1, 0.15) is 5.82 Å². The first-order valence-electron chi connectivity index (χ1n) is 10.7. The molecule has 1 aromatic carbocycles. The maximum atomic E-state index is 12.5. The molecule has 6 nitrogen and oxygen atoms in total. The number of nitrogens with zero attached hydrogens (tertiary/aromatic N) is 4. The number of benzene rings is 1. The molecule has 1 aliphatic heterocycles. The van der Waals surface area contributed by atoms with Gasteiger partial charge in [-0.3, -0.25) is 4.79 Å². The van der Waals surface area contributed by atoms with Gasteiger partial charge < -0.3 is 10.2 Å². The number of rotatable bonds is 3. The molecule has 156 valence electrons. The fraction of sp³-hybridized carbons (Fsp3) is 0.280. The van der Waals surface area contributed by atoms with E-state index in [1.54, 1.807) is 6.07 Å². The van der Waals surface area contributed by atoms with E-state index in [4.69, 9.17) is 0 Å². The first-order chi connectivity index (χ1) is 15.0. The van der Waals surface area contributed by atoms with Crippen molar-refractivity contribution in [2.24, 2.45) is 0 Å². The topological polar surface area (TPSA) is 71.0 Å². The number of nitrogens with one attached hydrogen (secondary N) is 1. The SMILES string of the molecule is Cc1cc(C)nc(NC(=O)c2ccc(N3CCC4(C=Cc5ccccc54)CC3)nn2)c1. The highest BCUT2D eigenvalue weighted by Crippen LogP contribution is 2.44. The molecule has 3 heterocycles. The van der Waals surface area contributed by atoms with Crippen LogP contribution in [0.25, 0.3) is 6.08 Å². The van der Waals surface area contributed by atoms with Gasteiger partial charge >= 0.3 is 0 Å². The Morgan fingerprint density at radius 3 is 2.58 bits per heavy atom. The highest BCUT2D eigenvalue weighted by Gasteiger charge is 2.38. The maximum Gasteiger partial charge on any atom is 0.277 e. The Morgan fingerprint density at radius 1 is 1.03 bits per heavy atom. The lowest BCUT2D eigenvalue weighted by atomic mass is 9.74. The summed E-state index contributed by atoms with van der Waals surface area (Å²) >= 11 is 0. The summed E-state index contributed by atoms with van der Waals surface area (Å²) in [5.41, 5.74) is 5.11. The van der Waals surface area contributed by atoms with Gasteiger partial charge in [-0.15, -0.1) is 10.2 Å². The minimum absolute atomic E-state index is 0.138. The van der Waals surface area contributed by atoms with Gasteiger partial charge in [0.05, 0.1) is 0 Å². The maximum absolute atomic E-state index is 12.5. The molecule has 1 aliphatic carbocycles. The minimum Gasteiger partial charge on any atom is -0.355 e. The summed E-state index contributed by atoms with van der Waals surface area (Å²) < 4.78 is 0. The Labute approximate surface area is 182 Å². The van der Waals surface area contributed by atoms with Crippen molar-refractivity contribution in [2.45, 2.75) is 32.1 Å². The zero-order valence-corrected chi connectivity index (χ0v) is 17.8. The molecule has 31 heavy (non-hydrogen) atoms. The van der Waals surface area contributed by atoms with Crippen LogP contribution in [-0.4, -0.2) is 34.2 Å². The zero-order chi connectivity index (χ0) is 21.4. The number of aryl methyl sites for hydroxylation is 2. The molecule has 6 heteroatoms. The smallest absolute Gasteiger partial charge is 0.277 e. The summed E-state index contributed by atoms with van der Waals surface area (Å²) in [5, 5.41) is 11.3. The first-order valence-corrected chi connectivity index (χ1v) is 10.7. The van der Waals surface area contributed by atoms with Crippen molar-refractivity contribution in [1.29, 1.82) is 0 Å². The van der Waals surface area contributed by atoms with Crippen molar-refractivity contribution in [1.82, 2.24) is 15.2 Å². The molecule has 2 aromatic heterocycles. The summed E-state index contributed by atoms with van der Waals surface area (Å²) in [6.45, 7) is 5.69. The van der Waals surface area contributed by atoms with Crippen LogP contribution in [0.5, 0.6) is 0 Å². The number of pyridine rings is 1. The molecule has 3 aromatic rings. The van der Waals surface area contributed by atoms with Crippen LogP contribution in [0.3, 0.4) is 0 Å². The van der Waals surface area contributed by atoms with E-state index in [0.29, 0.717) is 5.82 Å². The van der Waals surface area contributed by atoms with Gasteiger partial charge in [-0.25, -0.2) is 4.98 Å². The monoisotopic (exact) mass is 411 g/mol. The van der Waals surface area contributed by atoms with Gasteiger partial charge in [-0.1, -0.05) is 36.4 Å². The number of carbonyl (C=O) groups excluding carboxylic acids is 1. The van der Waals surface area contributed by atoms with Gasteiger partial charge in [0, 0.05) is 24.2 Å². The van der Waals surface area contributed by atoms with E-state index in [2.05, 4.69) is 61.8 Å². The lowest BCUT2D eigenvalue weighted by molar-refractivity contribution is 0.102. The predicted molar refractivity (Wildman–Crippen MR) is 122 cm³/mol. The van der Waals surface area contributed by atoms with Crippen LogP contribution in [0.1, 0.15) is 45.7 Å². The van der Waals surface area contributed by atoms with Crippen LogP contribution in [0.2, 0.25) is 0 Å². The third kappa shape index (κ3) is 3.69. The molecule has 1 N–H and O–H groups in total. The summed E-state index contributed by atoms with van der Waals surface area (Å²) in [6.07, 6.45) is 6.71. The van der Waals surface area contributed by atoms with E-state index in [1.165, 1.54) is 11.1 Å². The summed E-state index contributed by atoms with van der Waals surface area (Å²) in [4.78, 5) is 19.1. The van der Waals surface area contributed by atoms with Gasteiger partial charge in [0.2, 0.25) is 0 Å². The molecule has 2 aliphatic rings. The van der Waals surface area contributed by atoms with E-state index < -0.39 is 0 Å². The fourth-order valence-electron chi connectivity index (χ4n) is 4.71. The largest absolute Gasteiger partial charge is 0.355 e. The number of anilines is 2. The second-order valence-corrected chi connectivity index (χ2v) is 8.47. The molecule has 1 spiro atoms. The third-order valence-corrected chi connectivity index (χ3v) is 6.28. The van der Waals surface area contributed by atoms with Crippen LogP contribution >= 0.6 is 0 Å². The normalized spacial score (nSPS) is 16.4. The van der Waals surface area contributed by atoms with Gasteiger partial charge in [0.15, 0.2) is 11.5 Å². The van der Waals surface area contributed by atoms with E-state index in [0.717, 1.165) is 43.0 Å². The number of aromatic nitrogens is 3. The molecule has 1 amide bonds. The Morgan fingerprint density at radius 2 is 1.84 bits per heavy atom. The molecule has 0 unspecified atom stereocenters. The van der Waals surface area contributed by atoms with Gasteiger partial charge in [-0.2, -0.15) is 0 Å². The van der Waals surface area contributed by atoms with E-state index >= 15 is 0 Å². The lowest BCUT2D eigenvalue weighted by Crippen LogP contribution is -2.41. The summed E-state index contributed by atoms with van der Waals surface area (Å²) in [7, 11) is 0. The Kier molecular flexibility index (Phi) is 4.77. The molecular formula is C25H25N5O. The molecule has 1 fully saturated rings. The first kappa shape index (κ1) is 19.4. The number of hydrogen-bond donors (Lipinski definition) is 1. The fourth-order valence-corrected chi connectivity index (χ4v) is 4.71. The Bertz CT molecular complexity index is 1140. The number of carbonyl (C=O) groups is 1. The predicted octanol–water partition coefficient (Wildman–Crippen LogP) is 4.31. The average Bonchev–Trinajstić information content (AvgIpc) is 3.12. The molecule has 5 rings (SSSR count). The second kappa shape index (κ2) is 7.61. The third-order valence-electron chi connectivity index (χ3n) is 6.28. The van der Waals surface area contributed by atoms with Crippen LogP contribution in [-0.2, 0) is 5.41 Å². The van der Waals surface area contributed by atoms with Gasteiger partial charge in [0.25, 0.3) is 5.91 Å². The lowest BCUT2D eigenvalue weighted by Gasteiger charge is -2.39. The quantitative estimate of drug-likeness (QED) is 0.696. The zero-order valence-electron chi connectivity index (χ0n) is 17.8. The molecule has 0 atom stereocenters. The number of piperidine rings is 1. The molecule has 0 saturated carbocycles. The minimum atomic E-state index is -0.304. The van der Waals surface area contributed by atoms with Crippen LogP contribution in [0.4, 0.5) is 11.6 Å². The Hall–Kier alpha value is -3.54.